The molecule has 9 heavy (non-hydrogen) atoms. The van der Waals surface area contributed by atoms with E-state index < -0.39 is 0 Å². The highest BCUT2D eigenvalue weighted by molar-refractivity contribution is 5.15. The maximum Gasteiger partial charge on any atom is 0.0111 e. The molecule has 0 bridgehead atoms. The second-order valence-electron chi connectivity index (χ2n) is 2.49. The van der Waals surface area contributed by atoms with Crippen LogP contribution in [0.4, 0.5) is 0 Å². The van der Waals surface area contributed by atoms with Crippen LogP contribution in [0.2, 0.25) is 0 Å². The van der Waals surface area contributed by atoms with Gasteiger partial charge in [0.1, 0.15) is 0 Å². The van der Waals surface area contributed by atoms with Gasteiger partial charge in [-0.2, -0.15) is 0 Å². The molecule has 0 spiro atoms. The van der Waals surface area contributed by atoms with Gasteiger partial charge in [0, 0.05) is 18.4 Å². The minimum Gasteiger partial charge on any atom is -0.353 e. The zero-order chi connectivity index (χ0) is 6.85. The zero-order valence-corrected chi connectivity index (χ0v) is 6.31. The van der Waals surface area contributed by atoms with Crippen LogP contribution in [-0.4, -0.2) is 11.9 Å². The molecule has 1 aliphatic heterocycles. The number of allylic oxidation sites excluding steroid dienone is 4. The van der Waals surface area contributed by atoms with E-state index in [1.54, 1.807) is 0 Å². The molecule has 50 valence electrons. The summed E-state index contributed by atoms with van der Waals surface area (Å²) in [5.74, 6) is 0. The first-order valence-electron chi connectivity index (χ1n) is 3.29. The van der Waals surface area contributed by atoms with Crippen LogP contribution in [0.25, 0.3) is 0 Å². The summed E-state index contributed by atoms with van der Waals surface area (Å²) in [5, 5.41) is 0. The van der Waals surface area contributed by atoms with Crippen LogP contribution in [0, 0.1) is 0 Å². The third-order valence-corrected chi connectivity index (χ3v) is 1.88. The molecule has 0 amide bonds. The van der Waals surface area contributed by atoms with Gasteiger partial charge in [-0.05, 0) is 20.3 Å². The van der Waals surface area contributed by atoms with Gasteiger partial charge in [-0.15, -0.1) is 0 Å². The highest BCUT2D eigenvalue weighted by Gasteiger charge is 2.03. The van der Waals surface area contributed by atoms with E-state index in [9.17, 15) is 0 Å². The SMILES string of the molecule is CC1=CCC=C(C)N1C. The number of nitrogens with zero attached hydrogens (tertiary/aromatic N) is 1. The standard InChI is InChI=1S/C8H13N/c1-7-5-4-6-8(2)9(7)3/h5-6H,4H2,1-3H3. The number of hydrogen-bond donors (Lipinski definition) is 0. The average Bonchev–Trinajstić information content (AvgIpc) is 1.83. The second-order valence-corrected chi connectivity index (χ2v) is 2.49. The molecule has 1 rings (SSSR count). The lowest BCUT2D eigenvalue weighted by Crippen LogP contribution is -2.15. The maximum absolute atomic E-state index is 2.23. The van der Waals surface area contributed by atoms with Crippen LogP contribution in [0.1, 0.15) is 20.3 Å². The van der Waals surface area contributed by atoms with Crippen molar-refractivity contribution in [3.63, 3.8) is 0 Å². The Balaban J connectivity index is 2.74. The normalized spacial score (nSPS) is 19.2. The summed E-state index contributed by atoms with van der Waals surface area (Å²) < 4.78 is 0. The largest absolute Gasteiger partial charge is 0.353 e. The van der Waals surface area contributed by atoms with E-state index in [0.717, 1.165) is 6.42 Å². The number of hydrogen-bond acceptors (Lipinski definition) is 1. The lowest BCUT2D eigenvalue weighted by molar-refractivity contribution is 0.508. The molecule has 0 N–H and O–H groups in total. The molecule has 0 saturated carbocycles. The van der Waals surface area contributed by atoms with E-state index in [1.165, 1.54) is 11.4 Å². The summed E-state index contributed by atoms with van der Waals surface area (Å²) >= 11 is 0. The van der Waals surface area contributed by atoms with Crippen molar-refractivity contribution >= 4 is 0 Å². The van der Waals surface area contributed by atoms with Gasteiger partial charge in [0.25, 0.3) is 0 Å². The van der Waals surface area contributed by atoms with Gasteiger partial charge in [-0.3, -0.25) is 0 Å². The molecule has 0 radical (unpaired) electrons. The lowest BCUT2D eigenvalue weighted by atomic mass is 10.2. The van der Waals surface area contributed by atoms with E-state index in [-0.39, 0.29) is 0 Å². The fraction of sp³-hybridized carbons (Fsp3) is 0.500. The quantitative estimate of drug-likeness (QED) is 0.477. The first-order chi connectivity index (χ1) is 4.22. The van der Waals surface area contributed by atoms with E-state index in [4.69, 9.17) is 0 Å². The van der Waals surface area contributed by atoms with Crippen LogP contribution >= 0.6 is 0 Å². The molecule has 0 aromatic carbocycles. The molecule has 0 saturated heterocycles. The molecule has 0 aliphatic carbocycles. The van der Waals surface area contributed by atoms with Crippen molar-refractivity contribution < 1.29 is 0 Å². The van der Waals surface area contributed by atoms with Crippen molar-refractivity contribution in [2.24, 2.45) is 0 Å². The second kappa shape index (κ2) is 2.26. The van der Waals surface area contributed by atoms with Gasteiger partial charge in [0.05, 0.1) is 0 Å². The Labute approximate surface area is 56.7 Å². The minimum atomic E-state index is 1.10. The third kappa shape index (κ3) is 1.15. The summed E-state index contributed by atoms with van der Waals surface area (Å²) in [6.07, 6.45) is 5.56. The highest BCUT2D eigenvalue weighted by atomic mass is 15.1. The van der Waals surface area contributed by atoms with E-state index in [1.807, 2.05) is 0 Å². The van der Waals surface area contributed by atoms with E-state index in [2.05, 4.69) is 37.9 Å². The molecular weight excluding hydrogens is 110 g/mol. The fourth-order valence-electron chi connectivity index (χ4n) is 0.952. The Bertz CT molecular complexity index is 147. The van der Waals surface area contributed by atoms with E-state index >= 15 is 0 Å². The molecule has 0 fully saturated rings. The molecule has 1 heterocycles. The molecule has 1 nitrogen and oxygen atoms in total. The Morgan fingerprint density at radius 1 is 1.22 bits per heavy atom. The van der Waals surface area contributed by atoms with Crippen molar-refractivity contribution in [2.75, 3.05) is 7.05 Å². The Kier molecular flexibility index (Phi) is 1.60. The van der Waals surface area contributed by atoms with Gasteiger partial charge in [0.2, 0.25) is 0 Å². The Morgan fingerprint density at radius 2 is 1.67 bits per heavy atom. The fourth-order valence-corrected chi connectivity index (χ4v) is 0.952. The van der Waals surface area contributed by atoms with Gasteiger partial charge < -0.3 is 4.90 Å². The van der Waals surface area contributed by atoms with Gasteiger partial charge in [0.15, 0.2) is 0 Å². The molecule has 0 atom stereocenters. The van der Waals surface area contributed by atoms with E-state index in [0.29, 0.717) is 0 Å². The van der Waals surface area contributed by atoms with Crippen molar-refractivity contribution in [3.05, 3.63) is 23.5 Å². The van der Waals surface area contributed by atoms with Crippen LogP contribution in [0.3, 0.4) is 0 Å². The average molecular weight is 123 g/mol. The van der Waals surface area contributed by atoms with Crippen molar-refractivity contribution in [2.45, 2.75) is 20.3 Å². The maximum atomic E-state index is 2.23. The van der Waals surface area contributed by atoms with Gasteiger partial charge in [-0.1, -0.05) is 12.2 Å². The molecule has 0 unspecified atom stereocenters. The van der Waals surface area contributed by atoms with Crippen LogP contribution in [0.15, 0.2) is 23.5 Å². The minimum absolute atomic E-state index is 1.10. The zero-order valence-electron chi connectivity index (χ0n) is 6.31. The van der Waals surface area contributed by atoms with Crippen LogP contribution < -0.4 is 0 Å². The Hall–Kier alpha value is -0.720. The van der Waals surface area contributed by atoms with Crippen molar-refractivity contribution in [1.29, 1.82) is 0 Å². The predicted octanol–water partition coefficient (Wildman–Crippen LogP) is 2.13. The summed E-state index contributed by atoms with van der Waals surface area (Å²) in [6, 6.07) is 0. The first kappa shape index (κ1) is 6.40. The van der Waals surface area contributed by atoms with Gasteiger partial charge >= 0.3 is 0 Å². The predicted molar refractivity (Wildman–Crippen MR) is 39.9 cm³/mol. The molecule has 1 aliphatic rings. The Morgan fingerprint density at radius 3 is 2.00 bits per heavy atom. The number of rotatable bonds is 0. The topological polar surface area (TPSA) is 3.24 Å². The molecule has 1 heteroatoms. The third-order valence-electron chi connectivity index (χ3n) is 1.88. The molecule has 0 aromatic heterocycles. The van der Waals surface area contributed by atoms with Crippen LogP contribution in [-0.2, 0) is 0 Å². The first-order valence-corrected chi connectivity index (χ1v) is 3.29. The lowest BCUT2D eigenvalue weighted by Gasteiger charge is -2.23. The monoisotopic (exact) mass is 123 g/mol. The highest BCUT2D eigenvalue weighted by Crippen LogP contribution is 2.15. The smallest absolute Gasteiger partial charge is 0.0111 e. The van der Waals surface area contributed by atoms with Crippen molar-refractivity contribution in [1.82, 2.24) is 4.90 Å². The van der Waals surface area contributed by atoms with Crippen LogP contribution in [0.5, 0.6) is 0 Å². The summed E-state index contributed by atoms with van der Waals surface area (Å²) in [7, 11) is 2.09. The summed E-state index contributed by atoms with van der Waals surface area (Å²) in [6.45, 7) is 4.27. The van der Waals surface area contributed by atoms with Gasteiger partial charge in [-0.25, -0.2) is 0 Å². The molecule has 0 aromatic rings. The summed E-state index contributed by atoms with van der Waals surface area (Å²) in [5.41, 5.74) is 2.71. The molecular formula is C8H13N. The summed E-state index contributed by atoms with van der Waals surface area (Å²) in [4.78, 5) is 2.20. The van der Waals surface area contributed by atoms with Crippen molar-refractivity contribution in [3.8, 4) is 0 Å².